The van der Waals surface area contributed by atoms with Crippen molar-refractivity contribution in [2.24, 2.45) is 10.7 Å². The second-order valence-corrected chi connectivity index (χ2v) is 7.08. The third-order valence-electron chi connectivity index (χ3n) is 5.07. The fourth-order valence-electron chi connectivity index (χ4n) is 3.33. The number of pyridine rings is 1. The van der Waals surface area contributed by atoms with E-state index in [1.54, 1.807) is 38.6 Å². The lowest BCUT2D eigenvalue weighted by Gasteiger charge is -2.15. The highest BCUT2D eigenvalue weighted by Gasteiger charge is 2.13. The normalized spacial score (nSPS) is 11.2. The van der Waals surface area contributed by atoms with Crippen molar-refractivity contribution >= 4 is 11.6 Å². The molecule has 1 heterocycles. The molecule has 0 spiro atoms. The Hall–Kier alpha value is -3.74. The number of nitrogens with one attached hydrogen (secondary N) is 1. The van der Waals surface area contributed by atoms with Crippen LogP contribution in [0, 0.1) is 0 Å². The maximum Gasteiger partial charge on any atom is 0.219 e. The van der Waals surface area contributed by atoms with Gasteiger partial charge < -0.3 is 25.3 Å². The number of guanidine groups is 1. The third-order valence-corrected chi connectivity index (χ3v) is 5.07. The molecule has 0 unspecified atom stereocenters. The number of hydrogen-bond donors (Lipinski definition) is 2. The van der Waals surface area contributed by atoms with Crippen LogP contribution >= 0.6 is 0 Å². The van der Waals surface area contributed by atoms with E-state index in [9.17, 15) is 0 Å². The molecule has 0 saturated carbocycles. The molecule has 7 nitrogen and oxygen atoms in total. The Morgan fingerprint density at radius 1 is 0.938 bits per heavy atom. The Balaban J connectivity index is 1.69. The van der Waals surface area contributed by atoms with Crippen LogP contribution in [0.2, 0.25) is 0 Å². The number of anilines is 1. The number of benzene rings is 2. The van der Waals surface area contributed by atoms with E-state index in [1.807, 2.05) is 12.1 Å². The predicted octanol–water partition coefficient (Wildman–Crippen LogP) is 4.94. The highest BCUT2D eigenvalue weighted by Crippen LogP contribution is 2.39. The zero-order chi connectivity index (χ0) is 22.9. The number of hydrogen-bond acceptors (Lipinski definition) is 5. The summed E-state index contributed by atoms with van der Waals surface area (Å²) in [6.45, 7) is 4.66. The number of nitrogens with zero attached hydrogens (tertiary/aromatic N) is 2. The van der Waals surface area contributed by atoms with E-state index in [4.69, 9.17) is 19.9 Å². The summed E-state index contributed by atoms with van der Waals surface area (Å²) in [5.41, 5.74) is 10.6. The van der Waals surface area contributed by atoms with Crippen molar-refractivity contribution in [1.82, 2.24) is 4.98 Å². The summed E-state index contributed by atoms with van der Waals surface area (Å²) in [6, 6.07) is 15.4. The van der Waals surface area contributed by atoms with Gasteiger partial charge in [-0.15, -0.1) is 0 Å². The molecule has 32 heavy (non-hydrogen) atoms. The van der Waals surface area contributed by atoms with E-state index < -0.39 is 0 Å². The lowest BCUT2D eigenvalue weighted by Crippen LogP contribution is -2.24. The summed E-state index contributed by atoms with van der Waals surface area (Å²) in [5, 5.41) is 3.28. The van der Waals surface area contributed by atoms with Crippen molar-refractivity contribution in [3.05, 3.63) is 71.4 Å². The Kier molecular flexibility index (Phi) is 7.91. The lowest BCUT2D eigenvalue weighted by atomic mass is 10.0. The summed E-state index contributed by atoms with van der Waals surface area (Å²) >= 11 is 0. The van der Waals surface area contributed by atoms with Crippen LogP contribution in [0.4, 0.5) is 5.69 Å². The van der Waals surface area contributed by atoms with Crippen LogP contribution in [0.15, 0.2) is 59.7 Å². The third kappa shape index (κ3) is 5.49. The first-order valence-corrected chi connectivity index (χ1v) is 10.6. The second-order valence-electron chi connectivity index (χ2n) is 7.08. The fourth-order valence-corrected chi connectivity index (χ4v) is 3.33. The van der Waals surface area contributed by atoms with Crippen molar-refractivity contribution in [2.45, 2.75) is 33.2 Å². The molecule has 168 valence electrons. The molecule has 1 aromatic heterocycles. The smallest absolute Gasteiger partial charge is 0.219 e. The van der Waals surface area contributed by atoms with Gasteiger partial charge in [0.2, 0.25) is 11.6 Å². The van der Waals surface area contributed by atoms with Crippen LogP contribution < -0.4 is 25.3 Å². The molecular weight excluding hydrogens is 404 g/mol. The van der Waals surface area contributed by atoms with Crippen molar-refractivity contribution in [3.63, 3.8) is 0 Å². The molecule has 7 heteroatoms. The van der Waals surface area contributed by atoms with Crippen LogP contribution in [0.25, 0.3) is 0 Å². The largest absolute Gasteiger partial charge is 0.493 e. The van der Waals surface area contributed by atoms with Gasteiger partial charge in [0, 0.05) is 18.0 Å². The molecule has 0 atom stereocenters. The minimum absolute atomic E-state index is 0.375. The molecule has 2 aromatic carbocycles. The maximum atomic E-state index is 6.16. The van der Waals surface area contributed by atoms with E-state index in [1.165, 1.54) is 11.1 Å². The van der Waals surface area contributed by atoms with Gasteiger partial charge in [0.25, 0.3) is 0 Å². The standard InChI is InChI=1S/C25H30N4O3/c1-5-18-9-7-10-19(6-2)23(18)29-25(26)28-16-17-13-14-22(27-15-17)32-24-20(30-3)11-8-12-21(24)31-4/h7-15H,5-6,16H2,1-4H3,(H3,26,28,29). The van der Waals surface area contributed by atoms with Gasteiger partial charge in [-0.1, -0.05) is 44.2 Å². The molecular formula is C25H30N4O3. The number of aromatic nitrogens is 1. The number of para-hydroxylation sites is 2. The quantitative estimate of drug-likeness (QED) is 0.366. The zero-order valence-corrected chi connectivity index (χ0v) is 19.0. The highest BCUT2D eigenvalue weighted by atomic mass is 16.5. The number of aryl methyl sites for hydroxylation is 2. The molecule has 0 aliphatic rings. The van der Waals surface area contributed by atoms with Crippen LogP contribution in [0.5, 0.6) is 23.1 Å². The van der Waals surface area contributed by atoms with Gasteiger partial charge in [0.15, 0.2) is 17.5 Å². The molecule has 0 radical (unpaired) electrons. The van der Waals surface area contributed by atoms with Crippen LogP contribution in [-0.2, 0) is 19.4 Å². The molecule has 0 aliphatic heterocycles. The SMILES string of the molecule is CCc1cccc(CC)c1NC(N)=NCc1ccc(Oc2c(OC)cccc2OC)nc1. The molecule has 3 N–H and O–H groups in total. The van der Waals surface area contributed by atoms with E-state index >= 15 is 0 Å². The summed E-state index contributed by atoms with van der Waals surface area (Å²) in [5.74, 6) is 2.41. The average molecular weight is 435 g/mol. The Morgan fingerprint density at radius 2 is 1.56 bits per heavy atom. The topological polar surface area (TPSA) is 91.0 Å². The van der Waals surface area contributed by atoms with Crippen LogP contribution in [0.1, 0.15) is 30.5 Å². The predicted molar refractivity (Wildman–Crippen MR) is 128 cm³/mol. The number of nitrogens with two attached hydrogens (primary N) is 1. The lowest BCUT2D eigenvalue weighted by molar-refractivity contribution is 0.342. The average Bonchev–Trinajstić information content (AvgIpc) is 2.83. The maximum absolute atomic E-state index is 6.16. The fraction of sp³-hybridized carbons (Fsp3) is 0.280. The molecule has 0 fully saturated rings. The van der Waals surface area contributed by atoms with Gasteiger partial charge in [-0.05, 0) is 41.7 Å². The van der Waals surface area contributed by atoms with Gasteiger partial charge in [-0.25, -0.2) is 9.98 Å². The molecule has 3 aromatic rings. The summed E-state index contributed by atoms with van der Waals surface area (Å²) in [4.78, 5) is 8.85. The first-order chi connectivity index (χ1) is 15.6. The number of methoxy groups -OCH3 is 2. The minimum atomic E-state index is 0.375. The van der Waals surface area contributed by atoms with E-state index in [2.05, 4.69) is 47.3 Å². The van der Waals surface area contributed by atoms with E-state index in [0.29, 0.717) is 35.6 Å². The molecule has 0 aliphatic carbocycles. The van der Waals surface area contributed by atoms with Crippen molar-refractivity contribution < 1.29 is 14.2 Å². The molecule has 3 rings (SSSR count). The van der Waals surface area contributed by atoms with Gasteiger partial charge in [0.05, 0.1) is 20.8 Å². The summed E-state index contributed by atoms with van der Waals surface area (Å²) in [7, 11) is 3.16. The van der Waals surface area contributed by atoms with Gasteiger partial charge in [-0.3, -0.25) is 0 Å². The molecule has 0 amide bonds. The minimum Gasteiger partial charge on any atom is -0.493 e. The van der Waals surface area contributed by atoms with Gasteiger partial charge in [0.1, 0.15) is 0 Å². The number of ether oxygens (including phenoxy) is 3. The first-order valence-electron chi connectivity index (χ1n) is 10.6. The van der Waals surface area contributed by atoms with Crippen LogP contribution in [0.3, 0.4) is 0 Å². The summed E-state index contributed by atoms with van der Waals surface area (Å²) in [6.07, 6.45) is 3.56. The molecule has 0 bridgehead atoms. The van der Waals surface area contributed by atoms with Gasteiger partial charge in [-0.2, -0.15) is 0 Å². The zero-order valence-electron chi connectivity index (χ0n) is 19.0. The second kappa shape index (κ2) is 11.0. The Labute approximate surface area is 189 Å². The van der Waals surface area contributed by atoms with Gasteiger partial charge >= 0.3 is 0 Å². The first kappa shape index (κ1) is 22.9. The highest BCUT2D eigenvalue weighted by molar-refractivity contribution is 5.93. The Bertz CT molecular complexity index is 1020. The van der Waals surface area contributed by atoms with Crippen molar-refractivity contribution in [1.29, 1.82) is 0 Å². The van der Waals surface area contributed by atoms with Crippen molar-refractivity contribution in [3.8, 4) is 23.1 Å². The summed E-state index contributed by atoms with van der Waals surface area (Å²) < 4.78 is 16.6. The Morgan fingerprint density at radius 3 is 2.09 bits per heavy atom. The van der Waals surface area contributed by atoms with Crippen LogP contribution in [-0.4, -0.2) is 25.2 Å². The monoisotopic (exact) mass is 434 g/mol. The van der Waals surface area contributed by atoms with E-state index in [-0.39, 0.29) is 0 Å². The number of aliphatic imine (C=N–C) groups is 1. The van der Waals surface area contributed by atoms with E-state index in [0.717, 1.165) is 24.1 Å². The number of rotatable bonds is 9. The van der Waals surface area contributed by atoms with Crippen molar-refractivity contribution in [2.75, 3.05) is 19.5 Å². The molecule has 0 saturated heterocycles.